The molecule has 0 radical (unpaired) electrons. The lowest BCUT2D eigenvalue weighted by atomic mass is 10.2. The van der Waals surface area contributed by atoms with E-state index in [0.717, 1.165) is 23.2 Å². The van der Waals surface area contributed by atoms with Crippen LogP contribution in [0.3, 0.4) is 0 Å². The molecule has 4 nitrogen and oxygen atoms in total. The molecule has 0 saturated carbocycles. The molecule has 0 unspecified atom stereocenters. The molecular weight excluding hydrogens is 419 g/mol. The smallest absolute Gasteiger partial charge is 0.180 e. The van der Waals surface area contributed by atoms with Gasteiger partial charge in [-0.25, -0.2) is 0 Å². The Hall–Kier alpha value is -1.98. The zero-order chi connectivity index (χ0) is 19.1. The van der Waals surface area contributed by atoms with Crippen LogP contribution in [0.5, 0.6) is 11.5 Å². The van der Waals surface area contributed by atoms with Crippen LogP contribution < -0.4 is 14.8 Å². The second-order valence-corrected chi connectivity index (χ2v) is 6.77. The van der Waals surface area contributed by atoms with Crippen LogP contribution >= 0.6 is 35.6 Å². The van der Waals surface area contributed by atoms with Crippen molar-refractivity contribution in [1.82, 2.24) is 10.3 Å². The Kier molecular flexibility index (Phi) is 8.87. The molecule has 0 aliphatic carbocycles. The van der Waals surface area contributed by atoms with Crippen LogP contribution in [0.4, 0.5) is 0 Å². The van der Waals surface area contributed by atoms with Gasteiger partial charge in [0.25, 0.3) is 0 Å². The van der Waals surface area contributed by atoms with Gasteiger partial charge in [0.15, 0.2) is 11.5 Å². The fraction of sp³-hybridized carbons (Fsp3) is 0.190. The number of rotatable bonds is 8. The van der Waals surface area contributed by atoms with Gasteiger partial charge in [-0.3, -0.25) is 4.98 Å². The second-order valence-electron chi connectivity index (χ2n) is 5.95. The Morgan fingerprint density at radius 3 is 2.46 bits per heavy atom. The number of benzene rings is 2. The molecule has 0 spiro atoms. The van der Waals surface area contributed by atoms with Gasteiger partial charge in [0.05, 0.1) is 12.1 Å². The molecule has 148 valence electrons. The summed E-state index contributed by atoms with van der Waals surface area (Å²) in [5, 5.41) is 4.52. The van der Waals surface area contributed by atoms with Crippen LogP contribution in [0.2, 0.25) is 10.0 Å². The highest BCUT2D eigenvalue weighted by Gasteiger charge is 2.13. The van der Waals surface area contributed by atoms with Crippen molar-refractivity contribution in [1.29, 1.82) is 0 Å². The summed E-state index contributed by atoms with van der Waals surface area (Å²) in [6.45, 7) is 1.68. The van der Waals surface area contributed by atoms with Gasteiger partial charge >= 0.3 is 0 Å². The molecule has 0 saturated heterocycles. The van der Waals surface area contributed by atoms with E-state index in [-0.39, 0.29) is 12.4 Å². The Labute approximate surface area is 181 Å². The van der Waals surface area contributed by atoms with Crippen LogP contribution in [-0.2, 0) is 19.7 Å². The Morgan fingerprint density at radius 1 is 0.964 bits per heavy atom. The van der Waals surface area contributed by atoms with Crippen LogP contribution in [0.15, 0.2) is 60.9 Å². The summed E-state index contributed by atoms with van der Waals surface area (Å²) in [7, 11) is 1.60. The highest BCUT2D eigenvalue weighted by molar-refractivity contribution is 6.32. The molecule has 7 heteroatoms. The number of halogens is 3. The van der Waals surface area contributed by atoms with E-state index in [1.807, 2.05) is 54.7 Å². The SMILES string of the molecule is COc1cc(CNCc2cccnc2)cc(Cl)c1OCc1ccccc1Cl.Cl. The lowest BCUT2D eigenvalue weighted by Crippen LogP contribution is -2.13. The highest BCUT2D eigenvalue weighted by atomic mass is 35.5. The summed E-state index contributed by atoms with van der Waals surface area (Å²) in [5.41, 5.74) is 3.01. The first-order valence-corrected chi connectivity index (χ1v) is 9.25. The van der Waals surface area contributed by atoms with E-state index in [4.69, 9.17) is 32.7 Å². The Balaban J connectivity index is 0.00000280. The molecule has 1 heterocycles. The van der Waals surface area contributed by atoms with Crippen molar-refractivity contribution < 1.29 is 9.47 Å². The average Bonchev–Trinajstić information content (AvgIpc) is 2.69. The molecular formula is C21H21Cl3N2O2. The molecule has 1 N–H and O–H groups in total. The van der Waals surface area contributed by atoms with Crippen LogP contribution in [0.25, 0.3) is 0 Å². The van der Waals surface area contributed by atoms with Gasteiger partial charge in [-0.1, -0.05) is 47.5 Å². The normalized spacial score (nSPS) is 10.2. The van der Waals surface area contributed by atoms with Gasteiger partial charge < -0.3 is 14.8 Å². The lowest BCUT2D eigenvalue weighted by Gasteiger charge is -2.15. The van der Waals surface area contributed by atoms with Gasteiger partial charge in [0.2, 0.25) is 0 Å². The fourth-order valence-corrected chi connectivity index (χ4v) is 3.11. The second kappa shape index (κ2) is 11.1. The zero-order valence-electron chi connectivity index (χ0n) is 15.3. The summed E-state index contributed by atoms with van der Waals surface area (Å²) in [5.74, 6) is 1.10. The predicted molar refractivity (Wildman–Crippen MR) is 116 cm³/mol. The minimum absolute atomic E-state index is 0. The highest BCUT2D eigenvalue weighted by Crippen LogP contribution is 2.37. The number of nitrogens with zero attached hydrogens (tertiary/aromatic N) is 1. The van der Waals surface area contributed by atoms with E-state index in [1.165, 1.54) is 0 Å². The van der Waals surface area contributed by atoms with E-state index >= 15 is 0 Å². The third-order valence-electron chi connectivity index (χ3n) is 4.00. The molecule has 3 rings (SSSR count). The van der Waals surface area contributed by atoms with Crippen LogP contribution in [-0.4, -0.2) is 12.1 Å². The molecule has 0 fully saturated rings. The number of methoxy groups -OCH3 is 1. The van der Waals surface area contributed by atoms with Crippen LogP contribution in [0.1, 0.15) is 16.7 Å². The quantitative estimate of drug-likeness (QED) is 0.490. The van der Waals surface area contributed by atoms with Crippen molar-refractivity contribution in [2.75, 3.05) is 7.11 Å². The van der Waals surface area contributed by atoms with Crippen molar-refractivity contribution in [2.24, 2.45) is 0 Å². The number of hydrogen-bond acceptors (Lipinski definition) is 4. The van der Waals surface area contributed by atoms with Gasteiger partial charge in [-0.15, -0.1) is 12.4 Å². The number of hydrogen-bond donors (Lipinski definition) is 1. The third-order valence-corrected chi connectivity index (χ3v) is 4.65. The molecule has 0 bridgehead atoms. The number of pyridine rings is 1. The van der Waals surface area contributed by atoms with Crippen molar-refractivity contribution in [2.45, 2.75) is 19.7 Å². The zero-order valence-corrected chi connectivity index (χ0v) is 17.7. The summed E-state index contributed by atoms with van der Waals surface area (Å²) in [4.78, 5) is 4.11. The summed E-state index contributed by atoms with van der Waals surface area (Å²) >= 11 is 12.6. The van der Waals surface area contributed by atoms with Crippen molar-refractivity contribution in [3.05, 3.63) is 87.7 Å². The number of aromatic nitrogens is 1. The molecule has 0 aliphatic heterocycles. The number of ether oxygens (including phenoxy) is 2. The molecule has 1 aromatic heterocycles. The summed E-state index contributed by atoms with van der Waals surface area (Å²) < 4.78 is 11.4. The van der Waals surface area contributed by atoms with E-state index in [2.05, 4.69) is 10.3 Å². The van der Waals surface area contributed by atoms with Gasteiger partial charge in [0, 0.05) is 36.1 Å². The van der Waals surface area contributed by atoms with Crippen molar-refractivity contribution in [3.8, 4) is 11.5 Å². The topological polar surface area (TPSA) is 43.4 Å². The lowest BCUT2D eigenvalue weighted by molar-refractivity contribution is 0.284. The maximum atomic E-state index is 6.44. The van der Waals surface area contributed by atoms with Crippen molar-refractivity contribution >= 4 is 35.6 Å². The Bertz CT molecular complexity index is 892. The van der Waals surface area contributed by atoms with E-state index in [9.17, 15) is 0 Å². The van der Waals surface area contributed by atoms with E-state index in [1.54, 1.807) is 13.3 Å². The van der Waals surface area contributed by atoms with Gasteiger partial charge in [-0.2, -0.15) is 0 Å². The molecule has 0 atom stereocenters. The number of nitrogens with one attached hydrogen (secondary N) is 1. The van der Waals surface area contributed by atoms with E-state index < -0.39 is 0 Å². The monoisotopic (exact) mass is 438 g/mol. The van der Waals surface area contributed by atoms with Crippen molar-refractivity contribution in [3.63, 3.8) is 0 Å². The standard InChI is InChI=1S/C21H20Cl2N2O2.ClH/c1-26-20-10-16(13-25-12-15-5-4-8-24-11-15)9-19(23)21(20)27-14-17-6-2-3-7-18(17)22;/h2-11,25H,12-14H2,1H3;1H. The predicted octanol–water partition coefficient (Wildman–Crippen LogP) is 5.69. The minimum Gasteiger partial charge on any atom is -0.493 e. The molecule has 28 heavy (non-hydrogen) atoms. The summed E-state index contributed by atoms with van der Waals surface area (Å²) in [6.07, 6.45) is 3.60. The van der Waals surface area contributed by atoms with E-state index in [0.29, 0.717) is 34.7 Å². The first-order valence-electron chi connectivity index (χ1n) is 8.49. The Morgan fingerprint density at radius 2 is 1.75 bits per heavy atom. The maximum Gasteiger partial charge on any atom is 0.180 e. The fourth-order valence-electron chi connectivity index (χ4n) is 2.63. The summed E-state index contributed by atoms with van der Waals surface area (Å²) in [6, 6.07) is 15.3. The first-order chi connectivity index (χ1) is 13.2. The first kappa shape index (κ1) is 22.3. The van der Waals surface area contributed by atoms with Crippen LogP contribution in [0, 0.1) is 0 Å². The van der Waals surface area contributed by atoms with Gasteiger partial charge in [0.1, 0.15) is 6.61 Å². The molecule has 2 aromatic carbocycles. The maximum absolute atomic E-state index is 6.44. The minimum atomic E-state index is 0. The largest absolute Gasteiger partial charge is 0.493 e. The molecule has 3 aromatic rings. The van der Waals surface area contributed by atoms with Gasteiger partial charge in [-0.05, 0) is 35.4 Å². The molecule has 0 amide bonds. The molecule has 0 aliphatic rings. The third kappa shape index (κ3) is 6.01. The average molecular weight is 440 g/mol.